The molecule has 1 aromatic heterocycles. The number of thiophene rings is 1. The Morgan fingerprint density at radius 2 is 2.33 bits per heavy atom. The minimum Gasteiger partial charge on any atom is -1.00 e. The average Bonchev–Trinajstić information content (AvgIpc) is 2.14. The number of halogens is 1. The maximum Gasteiger partial charge on any atom is 2.00 e. The van der Waals surface area contributed by atoms with E-state index in [1.54, 1.807) is 23.1 Å². The Morgan fingerprint density at radius 1 is 1.67 bits per heavy atom. The third-order valence-corrected chi connectivity index (χ3v) is 2.11. The van der Waals surface area contributed by atoms with Gasteiger partial charge in [0.25, 0.3) is 0 Å². The maximum atomic E-state index is 3.07. The second-order valence-electron chi connectivity index (χ2n) is 1.08. The number of hydrogen-bond donors (Lipinski definition) is 0. The Labute approximate surface area is 90.3 Å². The van der Waals surface area contributed by atoms with Crippen LogP contribution >= 0.6 is 23.1 Å². The van der Waals surface area contributed by atoms with Gasteiger partial charge in [-0.2, -0.15) is 16.7 Å². The van der Waals surface area contributed by atoms with Crippen LogP contribution in [0.3, 0.4) is 0 Å². The van der Waals surface area contributed by atoms with Crippen molar-refractivity contribution in [2.75, 3.05) is 6.26 Å². The molecule has 4 heteroatoms. The Bertz CT molecular complexity index is 130. The van der Waals surface area contributed by atoms with Gasteiger partial charge < -0.3 is 17.0 Å². The summed E-state index contributed by atoms with van der Waals surface area (Å²) in [6.07, 6.45) is 2.05. The van der Waals surface area contributed by atoms with Crippen LogP contribution in [0.4, 0.5) is 0 Å². The van der Waals surface area contributed by atoms with E-state index < -0.39 is 0 Å². The van der Waals surface area contributed by atoms with E-state index in [0.717, 1.165) is 0 Å². The second kappa shape index (κ2) is 7.40. The molecule has 0 saturated carbocycles. The number of thioether (sulfide) groups is 1. The molecule has 0 saturated heterocycles. The van der Waals surface area contributed by atoms with Gasteiger partial charge in [-0.1, -0.05) is 0 Å². The minimum absolute atomic E-state index is 0. The van der Waals surface area contributed by atoms with Crippen LogP contribution < -0.4 is 17.0 Å². The van der Waals surface area contributed by atoms with Crippen molar-refractivity contribution in [3.8, 4) is 0 Å². The summed E-state index contributed by atoms with van der Waals surface area (Å²) < 4.78 is 0. The van der Waals surface area contributed by atoms with Gasteiger partial charge in [0.05, 0.1) is 0 Å². The third-order valence-electron chi connectivity index (χ3n) is 0.664. The summed E-state index contributed by atoms with van der Waals surface area (Å²) in [5.74, 6) is 0. The quantitative estimate of drug-likeness (QED) is 0.337. The maximum absolute atomic E-state index is 3.07. The first-order valence-corrected chi connectivity index (χ1v) is 4.08. The molecule has 0 aromatic carbocycles. The molecule has 1 heterocycles. The first-order valence-electron chi connectivity index (χ1n) is 1.91. The summed E-state index contributed by atoms with van der Waals surface area (Å²) in [7, 11) is 0. The Hall–Kier alpha value is 1.30. The molecular formula is C5H5BrMgS2. The second-order valence-corrected chi connectivity index (χ2v) is 2.68. The van der Waals surface area contributed by atoms with Gasteiger partial charge in [-0.3, -0.25) is 11.3 Å². The van der Waals surface area contributed by atoms with Crippen molar-refractivity contribution in [3.63, 3.8) is 0 Å². The fourth-order valence-electron chi connectivity index (χ4n) is 0.329. The molecule has 0 aliphatic heterocycles. The molecule has 46 valence electrons. The molecule has 0 bridgehead atoms. The molecule has 1 rings (SSSR count). The van der Waals surface area contributed by atoms with Gasteiger partial charge in [0, 0.05) is 0 Å². The first-order chi connectivity index (χ1) is 3.43. The van der Waals surface area contributed by atoms with E-state index >= 15 is 0 Å². The van der Waals surface area contributed by atoms with Gasteiger partial charge >= 0.3 is 23.1 Å². The van der Waals surface area contributed by atoms with Crippen molar-refractivity contribution in [3.05, 3.63) is 16.8 Å². The Morgan fingerprint density at radius 3 is 2.56 bits per heavy atom. The van der Waals surface area contributed by atoms with Gasteiger partial charge in [-0.25, -0.2) is 6.07 Å². The zero-order valence-electron chi connectivity index (χ0n) is 5.06. The Kier molecular flexibility index (Phi) is 10.6. The standard InChI is InChI=1S/C5H5S2.BrH.Mg/c1-6-5-2-3-7-4-5;;/h3-4H,1H3;1H;/q-1;;+2/p-1. The molecule has 0 unspecified atom stereocenters. The van der Waals surface area contributed by atoms with Gasteiger partial charge in [0.2, 0.25) is 0 Å². The average molecular weight is 233 g/mol. The van der Waals surface area contributed by atoms with Crippen molar-refractivity contribution in [1.29, 1.82) is 0 Å². The molecule has 0 N–H and O–H groups in total. The van der Waals surface area contributed by atoms with E-state index in [9.17, 15) is 0 Å². The Balaban J connectivity index is 0. The van der Waals surface area contributed by atoms with Crippen LogP contribution in [0.1, 0.15) is 0 Å². The fraction of sp³-hybridized carbons (Fsp3) is 0.200. The minimum atomic E-state index is 0. The van der Waals surface area contributed by atoms with Crippen molar-refractivity contribution < 1.29 is 17.0 Å². The zero-order valence-corrected chi connectivity index (χ0v) is 9.69. The molecular weight excluding hydrogens is 228 g/mol. The van der Waals surface area contributed by atoms with Crippen LogP contribution in [0.25, 0.3) is 0 Å². The summed E-state index contributed by atoms with van der Waals surface area (Å²) in [5.41, 5.74) is 0. The van der Waals surface area contributed by atoms with Crippen LogP contribution in [0.15, 0.2) is 15.7 Å². The van der Waals surface area contributed by atoms with Gasteiger partial charge in [-0.15, -0.1) is 10.8 Å². The molecule has 1 aromatic rings. The molecule has 0 radical (unpaired) electrons. The van der Waals surface area contributed by atoms with E-state index in [-0.39, 0.29) is 40.0 Å². The summed E-state index contributed by atoms with van der Waals surface area (Å²) in [4.78, 5) is 1.24. The molecule has 0 aliphatic rings. The van der Waals surface area contributed by atoms with E-state index in [4.69, 9.17) is 0 Å². The van der Waals surface area contributed by atoms with Crippen molar-refractivity contribution in [2.45, 2.75) is 4.90 Å². The predicted octanol–water partition coefficient (Wildman–Crippen LogP) is -1.11. The van der Waals surface area contributed by atoms with Crippen LogP contribution in [0.5, 0.6) is 0 Å². The normalized spacial score (nSPS) is 7.22. The SMILES string of the molecule is CSc1[c-]csc1.[Br-].[Mg+2]. The predicted molar refractivity (Wildman–Crippen MR) is 40.7 cm³/mol. The largest absolute Gasteiger partial charge is 2.00 e. The van der Waals surface area contributed by atoms with E-state index in [1.807, 2.05) is 5.38 Å². The summed E-state index contributed by atoms with van der Waals surface area (Å²) >= 11 is 3.42. The number of hydrogen-bond acceptors (Lipinski definition) is 2. The zero-order chi connectivity index (χ0) is 5.11. The summed E-state index contributed by atoms with van der Waals surface area (Å²) in [5, 5.41) is 4.05. The smallest absolute Gasteiger partial charge is 1.00 e. The van der Waals surface area contributed by atoms with E-state index in [0.29, 0.717) is 0 Å². The van der Waals surface area contributed by atoms with Crippen molar-refractivity contribution in [1.82, 2.24) is 0 Å². The summed E-state index contributed by atoms with van der Waals surface area (Å²) in [6, 6.07) is 3.07. The van der Waals surface area contributed by atoms with Gasteiger partial charge in [-0.05, 0) is 6.26 Å². The van der Waals surface area contributed by atoms with Crippen LogP contribution in [0, 0.1) is 6.07 Å². The molecule has 9 heavy (non-hydrogen) atoms. The van der Waals surface area contributed by atoms with Crippen molar-refractivity contribution >= 4 is 46.2 Å². The molecule has 0 aliphatic carbocycles. The van der Waals surface area contributed by atoms with Crippen LogP contribution in [-0.2, 0) is 0 Å². The van der Waals surface area contributed by atoms with Crippen molar-refractivity contribution in [2.24, 2.45) is 0 Å². The van der Waals surface area contributed by atoms with Gasteiger partial charge in [0.1, 0.15) is 0 Å². The summed E-state index contributed by atoms with van der Waals surface area (Å²) in [6.45, 7) is 0. The molecule has 0 atom stereocenters. The van der Waals surface area contributed by atoms with Crippen LogP contribution in [-0.4, -0.2) is 29.3 Å². The van der Waals surface area contributed by atoms with E-state index in [1.165, 1.54) is 4.90 Å². The van der Waals surface area contributed by atoms with Gasteiger partial charge in [0.15, 0.2) is 0 Å². The molecule has 0 spiro atoms. The third kappa shape index (κ3) is 4.67. The monoisotopic (exact) mass is 232 g/mol. The molecule has 0 fully saturated rings. The number of rotatable bonds is 1. The topological polar surface area (TPSA) is 0 Å². The first kappa shape index (κ1) is 12.9. The molecule has 0 nitrogen and oxygen atoms in total. The van der Waals surface area contributed by atoms with Crippen LogP contribution in [0.2, 0.25) is 0 Å². The fourth-order valence-corrected chi connectivity index (χ4v) is 1.59. The molecule has 0 amide bonds. The van der Waals surface area contributed by atoms with E-state index in [2.05, 4.69) is 17.7 Å².